The Morgan fingerprint density at radius 2 is 2.17 bits per heavy atom. The van der Waals surface area contributed by atoms with Gasteiger partial charge in [-0.3, -0.25) is 4.79 Å². The third kappa shape index (κ3) is 4.94. The summed E-state index contributed by atoms with van der Waals surface area (Å²) in [7, 11) is 0. The summed E-state index contributed by atoms with van der Waals surface area (Å²) >= 11 is 0. The lowest BCUT2D eigenvalue weighted by molar-refractivity contribution is -0.130. The van der Waals surface area contributed by atoms with Crippen LogP contribution in [0.3, 0.4) is 0 Å². The standard InChI is InChI=1S/C14H28N2O2/c1-14(2)7-4-3-6-12(14)13(17)16-9-5-10-18-11-8-15/h12H,3-11,15H2,1-2H3,(H,16,17). The maximum atomic E-state index is 12.1. The van der Waals surface area contributed by atoms with Crippen molar-refractivity contribution in [1.82, 2.24) is 5.32 Å². The highest BCUT2D eigenvalue weighted by Gasteiger charge is 2.36. The molecule has 1 atom stereocenters. The molecule has 0 heterocycles. The number of nitrogens with two attached hydrogens (primary N) is 1. The van der Waals surface area contributed by atoms with E-state index in [0.717, 1.165) is 19.3 Å². The summed E-state index contributed by atoms with van der Waals surface area (Å²) in [5, 5.41) is 3.03. The lowest BCUT2D eigenvalue weighted by atomic mass is 9.68. The molecule has 0 aromatic rings. The van der Waals surface area contributed by atoms with E-state index in [1.54, 1.807) is 0 Å². The first-order chi connectivity index (χ1) is 8.58. The molecule has 0 bridgehead atoms. The first kappa shape index (κ1) is 15.4. The molecule has 1 aliphatic carbocycles. The van der Waals surface area contributed by atoms with Crippen molar-refractivity contribution in [3.8, 4) is 0 Å². The Bertz CT molecular complexity index is 254. The topological polar surface area (TPSA) is 64.3 Å². The number of carbonyl (C=O) groups is 1. The molecule has 4 heteroatoms. The van der Waals surface area contributed by atoms with Crippen LogP contribution in [0.4, 0.5) is 0 Å². The SMILES string of the molecule is CC1(C)CCCCC1C(=O)NCCCOCCN. The van der Waals surface area contributed by atoms with E-state index in [1.165, 1.54) is 12.8 Å². The number of nitrogens with one attached hydrogen (secondary N) is 1. The molecule has 0 saturated heterocycles. The Morgan fingerprint density at radius 3 is 2.83 bits per heavy atom. The van der Waals surface area contributed by atoms with Crippen LogP contribution < -0.4 is 11.1 Å². The molecule has 0 aromatic carbocycles. The van der Waals surface area contributed by atoms with Gasteiger partial charge in [0, 0.05) is 25.6 Å². The van der Waals surface area contributed by atoms with Crippen molar-refractivity contribution in [1.29, 1.82) is 0 Å². The maximum absolute atomic E-state index is 12.1. The normalized spacial score (nSPS) is 22.7. The number of ether oxygens (including phenoxy) is 1. The average molecular weight is 256 g/mol. The molecule has 0 aromatic heterocycles. The average Bonchev–Trinajstić information content (AvgIpc) is 2.32. The highest BCUT2D eigenvalue weighted by atomic mass is 16.5. The lowest BCUT2D eigenvalue weighted by Crippen LogP contribution is -2.41. The van der Waals surface area contributed by atoms with E-state index in [-0.39, 0.29) is 17.2 Å². The third-order valence-electron chi connectivity index (χ3n) is 3.85. The molecule has 1 rings (SSSR count). The van der Waals surface area contributed by atoms with Crippen LogP contribution >= 0.6 is 0 Å². The Kier molecular flexibility index (Phi) is 6.65. The van der Waals surface area contributed by atoms with Gasteiger partial charge in [0.15, 0.2) is 0 Å². The summed E-state index contributed by atoms with van der Waals surface area (Å²) in [5.74, 6) is 0.398. The maximum Gasteiger partial charge on any atom is 0.223 e. The molecular formula is C14H28N2O2. The van der Waals surface area contributed by atoms with Gasteiger partial charge in [-0.25, -0.2) is 0 Å². The molecule has 3 N–H and O–H groups in total. The first-order valence-corrected chi connectivity index (χ1v) is 7.13. The number of amides is 1. The molecule has 4 nitrogen and oxygen atoms in total. The minimum absolute atomic E-state index is 0.151. The number of rotatable bonds is 7. The summed E-state index contributed by atoms with van der Waals surface area (Å²) < 4.78 is 5.27. The lowest BCUT2D eigenvalue weighted by Gasteiger charge is -2.37. The molecule has 1 fully saturated rings. The smallest absolute Gasteiger partial charge is 0.223 e. The number of hydrogen-bond acceptors (Lipinski definition) is 3. The summed E-state index contributed by atoms with van der Waals surface area (Å²) in [6.45, 7) is 6.95. The van der Waals surface area contributed by atoms with Gasteiger partial charge in [-0.1, -0.05) is 26.7 Å². The van der Waals surface area contributed by atoms with Crippen LogP contribution in [-0.2, 0) is 9.53 Å². The zero-order chi connectivity index (χ0) is 13.4. The van der Waals surface area contributed by atoms with Crippen LogP contribution in [-0.4, -0.2) is 32.2 Å². The van der Waals surface area contributed by atoms with Crippen LogP contribution in [0.5, 0.6) is 0 Å². The molecule has 1 aliphatic rings. The number of hydrogen-bond donors (Lipinski definition) is 2. The van der Waals surface area contributed by atoms with E-state index < -0.39 is 0 Å². The fourth-order valence-electron chi connectivity index (χ4n) is 2.67. The monoisotopic (exact) mass is 256 g/mol. The Morgan fingerprint density at radius 1 is 1.39 bits per heavy atom. The van der Waals surface area contributed by atoms with Gasteiger partial charge >= 0.3 is 0 Å². The molecule has 1 unspecified atom stereocenters. The fraction of sp³-hybridized carbons (Fsp3) is 0.929. The van der Waals surface area contributed by atoms with Crippen LogP contribution in [0, 0.1) is 11.3 Å². The van der Waals surface area contributed by atoms with Crippen molar-refractivity contribution in [2.24, 2.45) is 17.1 Å². The molecule has 1 saturated carbocycles. The molecule has 0 aliphatic heterocycles. The van der Waals surface area contributed by atoms with Crippen LogP contribution in [0.2, 0.25) is 0 Å². The zero-order valence-electron chi connectivity index (χ0n) is 11.8. The van der Waals surface area contributed by atoms with Crippen LogP contribution in [0.1, 0.15) is 46.0 Å². The second-order valence-corrected chi connectivity index (χ2v) is 5.83. The van der Waals surface area contributed by atoms with Gasteiger partial charge in [-0.05, 0) is 24.7 Å². The summed E-state index contributed by atoms with van der Waals surface area (Å²) in [4.78, 5) is 12.1. The van der Waals surface area contributed by atoms with Gasteiger partial charge in [0.05, 0.1) is 6.61 Å². The fourth-order valence-corrected chi connectivity index (χ4v) is 2.67. The van der Waals surface area contributed by atoms with E-state index in [9.17, 15) is 4.79 Å². The summed E-state index contributed by atoms with van der Waals surface area (Å²) in [6.07, 6.45) is 5.48. The molecular weight excluding hydrogens is 228 g/mol. The van der Waals surface area contributed by atoms with Crippen molar-refractivity contribution >= 4 is 5.91 Å². The van der Waals surface area contributed by atoms with Crippen molar-refractivity contribution in [3.63, 3.8) is 0 Å². The highest BCUT2D eigenvalue weighted by Crippen LogP contribution is 2.40. The minimum Gasteiger partial charge on any atom is -0.380 e. The van der Waals surface area contributed by atoms with Crippen molar-refractivity contribution < 1.29 is 9.53 Å². The van der Waals surface area contributed by atoms with Gasteiger partial charge < -0.3 is 15.8 Å². The highest BCUT2D eigenvalue weighted by molar-refractivity contribution is 5.79. The number of carbonyl (C=O) groups excluding carboxylic acids is 1. The van der Waals surface area contributed by atoms with Crippen molar-refractivity contribution in [2.45, 2.75) is 46.0 Å². The van der Waals surface area contributed by atoms with Gasteiger partial charge in [-0.2, -0.15) is 0 Å². The Hall–Kier alpha value is -0.610. The van der Waals surface area contributed by atoms with Gasteiger partial charge in [0.25, 0.3) is 0 Å². The van der Waals surface area contributed by atoms with E-state index in [1.807, 2.05) is 0 Å². The molecule has 106 valence electrons. The van der Waals surface area contributed by atoms with E-state index in [4.69, 9.17) is 10.5 Å². The van der Waals surface area contributed by atoms with E-state index in [2.05, 4.69) is 19.2 Å². The predicted molar refractivity (Wildman–Crippen MR) is 73.2 cm³/mol. The molecule has 1 amide bonds. The first-order valence-electron chi connectivity index (χ1n) is 7.13. The molecule has 0 radical (unpaired) electrons. The molecule has 18 heavy (non-hydrogen) atoms. The van der Waals surface area contributed by atoms with Crippen molar-refractivity contribution in [2.75, 3.05) is 26.3 Å². The third-order valence-corrected chi connectivity index (χ3v) is 3.85. The second kappa shape index (κ2) is 7.74. The van der Waals surface area contributed by atoms with E-state index >= 15 is 0 Å². The summed E-state index contributed by atoms with van der Waals surface area (Å²) in [5.41, 5.74) is 5.48. The largest absolute Gasteiger partial charge is 0.380 e. The van der Waals surface area contributed by atoms with Crippen LogP contribution in [0.15, 0.2) is 0 Å². The van der Waals surface area contributed by atoms with Crippen LogP contribution in [0.25, 0.3) is 0 Å². The quantitative estimate of drug-likeness (QED) is 0.681. The minimum atomic E-state index is 0.151. The molecule has 0 spiro atoms. The van der Waals surface area contributed by atoms with Gasteiger partial charge in [0.1, 0.15) is 0 Å². The summed E-state index contributed by atoms with van der Waals surface area (Å²) in [6, 6.07) is 0. The Labute approximate surface area is 111 Å². The van der Waals surface area contributed by atoms with E-state index in [0.29, 0.717) is 26.3 Å². The Balaban J connectivity index is 2.19. The van der Waals surface area contributed by atoms with Gasteiger partial charge in [-0.15, -0.1) is 0 Å². The predicted octanol–water partition coefficient (Wildman–Crippen LogP) is 1.68. The van der Waals surface area contributed by atoms with Crippen molar-refractivity contribution in [3.05, 3.63) is 0 Å². The van der Waals surface area contributed by atoms with Gasteiger partial charge in [0.2, 0.25) is 5.91 Å². The second-order valence-electron chi connectivity index (χ2n) is 5.83. The zero-order valence-corrected chi connectivity index (χ0v) is 11.8.